The predicted molar refractivity (Wildman–Crippen MR) is 134 cm³/mol. The lowest BCUT2D eigenvalue weighted by Crippen LogP contribution is -2.39. The average molecular weight is 505 g/mol. The van der Waals surface area contributed by atoms with Crippen LogP contribution in [0.2, 0.25) is 5.02 Å². The first-order chi connectivity index (χ1) is 16.9. The van der Waals surface area contributed by atoms with Crippen LogP contribution in [0, 0.1) is 5.92 Å². The molecule has 2 heterocycles. The van der Waals surface area contributed by atoms with Crippen molar-refractivity contribution in [1.82, 2.24) is 10.4 Å². The average Bonchev–Trinajstić information content (AvgIpc) is 2.84. The van der Waals surface area contributed by atoms with Crippen molar-refractivity contribution in [3.05, 3.63) is 52.2 Å². The summed E-state index contributed by atoms with van der Waals surface area (Å²) in [6.45, 7) is 3.54. The number of benzene rings is 1. The number of halogens is 1. The summed E-state index contributed by atoms with van der Waals surface area (Å²) in [7, 11) is 0. The number of nitrogens with one attached hydrogen (secondary N) is 1. The van der Waals surface area contributed by atoms with Gasteiger partial charge in [-0.1, -0.05) is 36.8 Å². The number of fused-ring (bicyclic) bond motifs is 1. The number of amides is 1. The number of cyclic esters (lactones) is 1. The van der Waals surface area contributed by atoms with Crippen molar-refractivity contribution in [2.45, 2.75) is 45.4 Å². The number of hydrogen-bond acceptors (Lipinski definition) is 7. The van der Waals surface area contributed by atoms with Gasteiger partial charge in [0, 0.05) is 24.7 Å². The summed E-state index contributed by atoms with van der Waals surface area (Å²) in [6, 6.07) is 1.01. The number of esters is 1. The predicted octanol–water partition coefficient (Wildman–Crippen LogP) is 4.72. The summed E-state index contributed by atoms with van der Waals surface area (Å²) in [5.74, 6) is -1.43. The van der Waals surface area contributed by atoms with E-state index in [2.05, 4.69) is 24.6 Å². The Kier molecular flexibility index (Phi) is 10.0. The van der Waals surface area contributed by atoms with Gasteiger partial charge in [-0.25, -0.2) is 4.79 Å². The van der Waals surface area contributed by atoms with Crippen LogP contribution < -0.4 is 5.48 Å². The molecule has 1 unspecified atom stereocenters. The highest BCUT2D eigenvalue weighted by molar-refractivity contribution is 6.34. The SMILES string of the molecule is CC1C=CCCCOC(=O)c2c(O)cc(O)c(Cl)c2/C=C(NOCC(=O)N2CCCCC2)/C=C/C1. The van der Waals surface area contributed by atoms with Gasteiger partial charge in [-0.15, -0.1) is 0 Å². The van der Waals surface area contributed by atoms with Gasteiger partial charge >= 0.3 is 5.97 Å². The van der Waals surface area contributed by atoms with Crippen LogP contribution in [-0.2, 0) is 14.4 Å². The molecule has 190 valence electrons. The number of hydrogen-bond donors (Lipinski definition) is 3. The molecule has 2 aliphatic rings. The smallest absolute Gasteiger partial charge is 0.342 e. The van der Waals surface area contributed by atoms with Gasteiger partial charge in [0.25, 0.3) is 5.91 Å². The Bertz CT molecular complexity index is 998. The maximum atomic E-state index is 12.8. The number of nitrogens with zero attached hydrogens (tertiary/aromatic N) is 1. The van der Waals surface area contributed by atoms with Crippen molar-refractivity contribution >= 4 is 29.6 Å². The quantitative estimate of drug-likeness (QED) is 0.309. The van der Waals surface area contributed by atoms with Crippen molar-refractivity contribution in [2.24, 2.45) is 5.92 Å². The van der Waals surface area contributed by atoms with E-state index in [4.69, 9.17) is 21.2 Å². The van der Waals surface area contributed by atoms with E-state index in [0.29, 0.717) is 12.1 Å². The number of ether oxygens (including phenoxy) is 1. The Labute approximate surface area is 210 Å². The lowest BCUT2D eigenvalue weighted by atomic mass is 10.0. The van der Waals surface area contributed by atoms with Crippen LogP contribution in [0.3, 0.4) is 0 Å². The number of likely N-dealkylation sites (tertiary alicyclic amines) is 1. The van der Waals surface area contributed by atoms with Crippen molar-refractivity contribution in [3.8, 4) is 11.5 Å². The Balaban J connectivity index is 1.89. The standard InChI is InChI=1S/C26H33ClN2O6/c1-18-9-4-2-7-14-34-26(33)24-20(25(27)22(31)16-21(24)30)15-19(11-8-10-18)28-35-17-23(32)29-12-5-3-6-13-29/h4,8-9,11,15-16,18,28,30-31H,2-3,5-7,10,12-14,17H2,1H3/b9-4?,11-8+,19-15-. The Hall–Kier alpha value is -2.97. The molecule has 0 saturated carbocycles. The zero-order valence-corrected chi connectivity index (χ0v) is 20.7. The molecule has 1 saturated heterocycles. The number of carbonyl (C=O) groups is 2. The number of piperidine rings is 1. The summed E-state index contributed by atoms with van der Waals surface area (Å²) < 4.78 is 5.34. The highest BCUT2D eigenvalue weighted by Crippen LogP contribution is 2.38. The minimum Gasteiger partial charge on any atom is -0.507 e. The third kappa shape index (κ3) is 7.77. The summed E-state index contributed by atoms with van der Waals surface area (Å²) in [5.41, 5.74) is 3.05. The van der Waals surface area contributed by atoms with Crippen LogP contribution in [-0.4, -0.2) is 53.3 Å². The molecule has 0 radical (unpaired) electrons. The molecule has 8 nitrogen and oxygen atoms in total. The molecule has 1 atom stereocenters. The fourth-order valence-corrected chi connectivity index (χ4v) is 4.14. The van der Waals surface area contributed by atoms with Gasteiger partial charge in [-0.2, -0.15) is 0 Å². The monoisotopic (exact) mass is 504 g/mol. The number of allylic oxidation sites excluding steroid dienone is 4. The zero-order chi connectivity index (χ0) is 25.2. The number of carbonyl (C=O) groups excluding carboxylic acids is 2. The van der Waals surface area contributed by atoms with Gasteiger partial charge in [0.1, 0.15) is 17.1 Å². The molecular weight excluding hydrogens is 472 g/mol. The number of rotatable bonds is 4. The van der Waals surface area contributed by atoms with E-state index in [0.717, 1.165) is 51.3 Å². The lowest BCUT2D eigenvalue weighted by molar-refractivity contribution is -0.139. The molecule has 0 spiro atoms. The third-order valence-electron chi connectivity index (χ3n) is 5.88. The molecule has 1 aromatic rings. The topological polar surface area (TPSA) is 108 Å². The van der Waals surface area contributed by atoms with E-state index in [1.807, 2.05) is 6.08 Å². The molecule has 2 aliphatic heterocycles. The normalized spacial score (nSPS) is 22.1. The zero-order valence-electron chi connectivity index (χ0n) is 20.0. The minimum atomic E-state index is -0.757. The first kappa shape index (κ1) is 26.6. The van der Waals surface area contributed by atoms with Crippen LogP contribution in [0.1, 0.15) is 61.4 Å². The number of hydroxylamine groups is 1. The van der Waals surface area contributed by atoms with E-state index in [-0.39, 0.29) is 46.9 Å². The fraction of sp³-hybridized carbons (Fsp3) is 0.462. The molecule has 0 aromatic heterocycles. The van der Waals surface area contributed by atoms with Crippen LogP contribution >= 0.6 is 11.6 Å². The van der Waals surface area contributed by atoms with Gasteiger partial charge in [0.15, 0.2) is 6.61 Å². The molecule has 35 heavy (non-hydrogen) atoms. The first-order valence-electron chi connectivity index (χ1n) is 12.0. The second-order valence-electron chi connectivity index (χ2n) is 8.77. The Morgan fingerprint density at radius 2 is 1.97 bits per heavy atom. The first-order valence-corrected chi connectivity index (χ1v) is 12.4. The van der Waals surface area contributed by atoms with Crippen molar-refractivity contribution in [1.29, 1.82) is 0 Å². The fourth-order valence-electron chi connectivity index (χ4n) is 3.94. The highest BCUT2D eigenvalue weighted by atomic mass is 35.5. The van der Waals surface area contributed by atoms with E-state index < -0.39 is 11.7 Å². The Morgan fingerprint density at radius 1 is 1.20 bits per heavy atom. The van der Waals surface area contributed by atoms with Crippen molar-refractivity contribution < 1.29 is 29.4 Å². The van der Waals surface area contributed by atoms with Crippen LogP contribution in [0.25, 0.3) is 6.08 Å². The minimum absolute atomic E-state index is 0.0771. The van der Waals surface area contributed by atoms with E-state index in [1.54, 1.807) is 11.0 Å². The lowest BCUT2D eigenvalue weighted by Gasteiger charge is -2.26. The van der Waals surface area contributed by atoms with Gasteiger partial charge < -0.3 is 19.8 Å². The van der Waals surface area contributed by atoms with Gasteiger partial charge in [-0.05, 0) is 56.6 Å². The maximum Gasteiger partial charge on any atom is 0.342 e. The van der Waals surface area contributed by atoms with Crippen LogP contribution in [0.15, 0.2) is 36.1 Å². The van der Waals surface area contributed by atoms with E-state index >= 15 is 0 Å². The number of aromatic hydroxyl groups is 2. The number of phenols is 2. The molecular formula is C26H33ClN2O6. The van der Waals surface area contributed by atoms with Crippen molar-refractivity contribution in [2.75, 3.05) is 26.3 Å². The van der Waals surface area contributed by atoms with Crippen molar-refractivity contribution in [3.63, 3.8) is 0 Å². The summed E-state index contributed by atoms with van der Waals surface area (Å²) in [4.78, 5) is 32.5. The number of phenolic OH excluding ortho intramolecular Hbond substituents is 2. The molecule has 3 rings (SSSR count). The summed E-state index contributed by atoms with van der Waals surface area (Å²) in [6.07, 6.45) is 14.5. The van der Waals surface area contributed by atoms with Gasteiger partial charge in [-0.3, -0.25) is 15.1 Å². The third-order valence-corrected chi connectivity index (χ3v) is 6.27. The molecule has 0 bridgehead atoms. The summed E-state index contributed by atoms with van der Waals surface area (Å²) in [5, 5.41) is 20.5. The molecule has 0 aliphatic carbocycles. The van der Waals surface area contributed by atoms with Gasteiger partial charge in [0.2, 0.25) is 0 Å². The van der Waals surface area contributed by atoms with E-state index in [9.17, 15) is 19.8 Å². The molecule has 3 N–H and O–H groups in total. The molecule has 1 amide bonds. The van der Waals surface area contributed by atoms with Crippen LogP contribution in [0.5, 0.6) is 11.5 Å². The molecule has 9 heteroatoms. The highest BCUT2D eigenvalue weighted by Gasteiger charge is 2.23. The van der Waals surface area contributed by atoms with Gasteiger partial charge in [0.05, 0.1) is 17.3 Å². The second kappa shape index (κ2) is 13.2. The summed E-state index contributed by atoms with van der Waals surface area (Å²) >= 11 is 6.32. The van der Waals surface area contributed by atoms with E-state index in [1.165, 1.54) is 6.08 Å². The Morgan fingerprint density at radius 3 is 2.74 bits per heavy atom. The molecule has 1 aromatic carbocycles. The molecule has 1 fully saturated rings. The largest absolute Gasteiger partial charge is 0.507 e. The maximum absolute atomic E-state index is 12.8. The second-order valence-corrected chi connectivity index (χ2v) is 9.15. The van der Waals surface area contributed by atoms with Crippen LogP contribution in [0.4, 0.5) is 0 Å².